The van der Waals surface area contributed by atoms with Crippen LogP contribution in [0, 0.1) is 0 Å². The minimum Gasteiger partial charge on any atom is -0.304 e. The third-order valence-corrected chi connectivity index (χ3v) is 2.34. The molecule has 0 amide bonds. The molecule has 1 saturated heterocycles. The first kappa shape index (κ1) is 5.45. The molecule has 0 saturated carbocycles. The molecule has 1 aliphatic rings. The normalized spacial score (nSPS) is 42.0. The number of hydrogen-bond acceptors (Lipinski definition) is 2. The van der Waals surface area contributed by atoms with E-state index < -0.39 is 0 Å². The van der Waals surface area contributed by atoms with Crippen LogP contribution in [0.5, 0.6) is 0 Å². The van der Waals surface area contributed by atoms with Gasteiger partial charge in [0.25, 0.3) is 0 Å². The highest BCUT2D eigenvalue weighted by molar-refractivity contribution is 8.00. The van der Waals surface area contributed by atoms with E-state index in [1.807, 2.05) is 11.8 Å². The zero-order valence-electron chi connectivity index (χ0n) is 4.77. The monoisotopic (exact) mass is 117 g/mol. The Balaban J connectivity index is 2.26. The molecule has 1 aliphatic heterocycles. The van der Waals surface area contributed by atoms with E-state index in [4.69, 9.17) is 0 Å². The first-order valence-corrected chi connectivity index (χ1v) is 3.62. The summed E-state index contributed by atoms with van der Waals surface area (Å²) in [4.78, 5) is 0. The van der Waals surface area contributed by atoms with E-state index in [9.17, 15) is 0 Å². The van der Waals surface area contributed by atoms with Gasteiger partial charge in [0, 0.05) is 11.8 Å². The van der Waals surface area contributed by atoms with Crippen LogP contribution in [0.2, 0.25) is 0 Å². The molecule has 0 aliphatic carbocycles. The molecule has 1 nitrogen and oxygen atoms in total. The Morgan fingerprint density at radius 1 is 1.57 bits per heavy atom. The Morgan fingerprint density at radius 2 is 2.29 bits per heavy atom. The highest BCUT2D eigenvalue weighted by atomic mass is 32.2. The van der Waals surface area contributed by atoms with Crippen molar-refractivity contribution in [2.24, 2.45) is 0 Å². The maximum absolute atomic E-state index is 3.33. The average molecular weight is 117 g/mol. The Bertz CT molecular complexity index is 57.1. The van der Waals surface area contributed by atoms with Crippen LogP contribution in [0.4, 0.5) is 0 Å². The van der Waals surface area contributed by atoms with Gasteiger partial charge in [-0.1, -0.05) is 6.92 Å². The maximum atomic E-state index is 3.33. The average Bonchev–Trinajstić information content (AvgIpc) is 1.87. The second kappa shape index (κ2) is 2.05. The quantitative estimate of drug-likeness (QED) is 0.509. The second-order valence-electron chi connectivity index (χ2n) is 2.00. The number of hydrogen-bond donors (Lipinski definition) is 1. The van der Waals surface area contributed by atoms with Crippen LogP contribution in [-0.2, 0) is 0 Å². The van der Waals surface area contributed by atoms with Gasteiger partial charge in [0.1, 0.15) is 0 Å². The Labute approximate surface area is 48.9 Å². The molecule has 1 heterocycles. The van der Waals surface area contributed by atoms with Gasteiger partial charge in [-0.05, 0) is 6.92 Å². The lowest BCUT2D eigenvalue weighted by atomic mass is 10.5. The van der Waals surface area contributed by atoms with Crippen LogP contribution in [0.1, 0.15) is 13.8 Å². The third kappa shape index (κ3) is 1.35. The van der Waals surface area contributed by atoms with Crippen LogP contribution in [-0.4, -0.2) is 17.2 Å². The minimum atomic E-state index is 0.690. The summed E-state index contributed by atoms with van der Waals surface area (Å²) in [5, 5.41) is 4.85. The van der Waals surface area contributed by atoms with Gasteiger partial charge in [0.15, 0.2) is 0 Å². The molecule has 0 aromatic heterocycles. The molecule has 2 heteroatoms. The number of thioether (sulfide) groups is 1. The lowest BCUT2D eigenvalue weighted by Crippen LogP contribution is -2.16. The van der Waals surface area contributed by atoms with Crippen molar-refractivity contribution in [3.05, 3.63) is 0 Å². The molecule has 2 atom stereocenters. The van der Waals surface area contributed by atoms with Crippen molar-refractivity contribution in [2.75, 3.05) is 6.54 Å². The summed E-state index contributed by atoms with van der Waals surface area (Å²) in [6, 6.07) is 0. The molecule has 7 heavy (non-hydrogen) atoms. The zero-order chi connectivity index (χ0) is 5.28. The first-order chi connectivity index (χ1) is 3.29. The Kier molecular flexibility index (Phi) is 1.60. The Morgan fingerprint density at radius 3 is 2.43 bits per heavy atom. The molecule has 0 aromatic carbocycles. The molecular weight excluding hydrogens is 106 g/mol. The van der Waals surface area contributed by atoms with Crippen LogP contribution < -0.4 is 5.32 Å². The summed E-state index contributed by atoms with van der Waals surface area (Å²) in [6.45, 7) is 5.64. The predicted molar refractivity (Wildman–Crippen MR) is 34.5 cm³/mol. The molecule has 1 fully saturated rings. The first-order valence-electron chi connectivity index (χ1n) is 2.68. The summed E-state index contributed by atoms with van der Waals surface area (Å²) in [5.41, 5.74) is 0. The van der Waals surface area contributed by atoms with E-state index >= 15 is 0 Å². The van der Waals surface area contributed by atoms with Crippen molar-refractivity contribution < 1.29 is 0 Å². The third-order valence-electron chi connectivity index (χ3n) is 1.13. The van der Waals surface area contributed by atoms with Crippen molar-refractivity contribution in [1.82, 2.24) is 5.32 Å². The van der Waals surface area contributed by atoms with Crippen molar-refractivity contribution in [3.63, 3.8) is 0 Å². The van der Waals surface area contributed by atoms with Gasteiger partial charge in [0.2, 0.25) is 0 Å². The van der Waals surface area contributed by atoms with Gasteiger partial charge in [-0.2, -0.15) is 0 Å². The van der Waals surface area contributed by atoms with Gasteiger partial charge in [-0.25, -0.2) is 0 Å². The van der Waals surface area contributed by atoms with E-state index in [0.717, 1.165) is 5.25 Å². The fourth-order valence-electron chi connectivity index (χ4n) is 0.777. The van der Waals surface area contributed by atoms with E-state index in [0.29, 0.717) is 5.37 Å². The molecular formula is C5H11NS. The van der Waals surface area contributed by atoms with Crippen LogP contribution in [0.25, 0.3) is 0 Å². The summed E-state index contributed by atoms with van der Waals surface area (Å²) >= 11 is 2.01. The van der Waals surface area contributed by atoms with Crippen molar-refractivity contribution >= 4 is 11.8 Å². The lowest BCUT2D eigenvalue weighted by molar-refractivity contribution is 0.726. The van der Waals surface area contributed by atoms with Crippen molar-refractivity contribution in [2.45, 2.75) is 24.5 Å². The van der Waals surface area contributed by atoms with Gasteiger partial charge < -0.3 is 5.32 Å². The summed E-state index contributed by atoms with van der Waals surface area (Å²) < 4.78 is 0. The molecule has 0 aromatic rings. The maximum Gasteiger partial charge on any atom is 0.0507 e. The standard InChI is InChI=1S/C5H11NS/c1-4-3-6-5(2)7-4/h4-6H,3H2,1-2H3/t4-,5-/m0/s1. The van der Waals surface area contributed by atoms with E-state index in [-0.39, 0.29) is 0 Å². The largest absolute Gasteiger partial charge is 0.304 e. The van der Waals surface area contributed by atoms with Gasteiger partial charge in [-0.15, -0.1) is 11.8 Å². The topological polar surface area (TPSA) is 12.0 Å². The molecule has 42 valence electrons. The highest BCUT2D eigenvalue weighted by Gasteiger charge is 2.15. The van der Waals surface area contributed by atoms with Crippen LogP contribution in [0.15, 0.2) is 0 Å². The van der Waals surface area contributed by atoms with Gasteiger partial charge >= 0.3 is 0 Å². The number of nitrogens with one attached hydrogen (secondary N) is 1. The van der Waals surface area contributed by atoms with Crippen molar-refractivity contribution in [1.29, 1.82) is 0 Å². The summed E-state index contributed by atoms with van der Waals surface area (Å²) in [5.74, 6) is 0. The fraction of sp³-hybridized carbons (Fsp3) is 1.00. The smallest absolute Gasteiger partial charge is 0.0507 e. The fourth-order valence-corrected chi connectivity index (χ4v) is 1.86. The Hall–Kier alpha value is 0.310. The van der Waals surface area contributed by atoms with Gasteiger partial charge in [-0.3, -0.25) is 0 Å². The van der Waals surface area contributed by atoms with E-state index in [1.165, 1.54) is 6.54 Å². The minimum absolute atomic E-state index is 0.690. The summed E-state index contributed by atoms with van der Waals surface area (Å²) in [7, 11) is 0. The molecule has 0 bridgehead atoms. The second-order valence-corrected chi connectivity index (χ2v) is 3.78. The molecule has 0 unspecified atom stereocenters. The van der Waals surface area contributed by atoms with Crippen LogP contribution in [0.3, 0.4) is 0 Å². The predicted octanol–water partition coefficient (Wildman–Crippen LogP) is 1.06. The number of rotatable bonds is 0. The lowest BCUT2D eigenvalue weighted by Gasteiger charge is -1.96. The molecule has 0 spiro atoms. The molecule has 0 radical (unpaired) electrons. The van der Waals surface area contributed by atoms with E-state index in [2.05, 4.69) is 19.2 Å². The molecule has 1 N–H and O–H groups in total. The van der Waals surface area contributed by atoms with E-state index in [1.54, 1.807) is 0 Å². The zero-order valence-corrected chi connectivity index (χ0v) is 5.59. The SMILES string of the molecule is C[C@H]1CN[C@H](C)S1. The van der Waals surface area contributed by atoms with Crippen molar-refractivity contribution in [3.8, 4) is 0 Å². The summed E-state index contributed by atoms with van der Waals surface area (Å²) in [6.07, 6.45) is 0. The highest BCUT2D eigenvalue weighted by Crippen LogP contribution is 2.20. The molecule has 1 rings (SSSR count). The van der Waals surface area contributed by atoms with Crippen LogP contribution >= 0.6 is 11.8 Å². The van der Waals surface area contributed by atoms with Gasteiger partial charge in [0.05, 0.1) is 5.37 Å².